The van der Waals surface area contributed by atoms with E-state index in [2.05, 4.69) is 4.74 Å². The van der Waals surface area contributed by atoms with Crippen molar-refractivity contribution >= 4 is 23.3 Å². The van der Waals surface area contributed by atoms with Crippen molar-refractivity contribution in [3.05, 3.63) is 28.8 Å². The fourth-order valence-corrected chi connectivity index (χ4v) is 1.70. The van der Waals surface area contributed by atoms with Crippen LogP contribution in [0.4, 0.5) is 5.69 Å². The van der Waals surface area contributed by atoms with Crippen molar-refractivity contribution in [2.75, 3.05) is 18.6 Å². The maximum Gasteiger partial charge on any atom is 0.330 e. The van der Waals surface area contributed by atoms with Crippen molar-refractivity contribution in [3.63, 3.8) is 0 Å². The molecular weight excluding hydrogens is 214 g/mol. The van der Waals surface area contributed by atoms with Gasteiger partial charge in [-0.2, -0.15) is 0 Å². The molecular formula is C11H12ClNO2. The Morgan fingerprint density at radius 2 is 2.33 bits per heavy atom. The minimum atomic E-state index is -0.188. The lowest BCUT2D eigenvalue weighted by molar-refractivity contribution is -0.139. The van der Waals surface area contributed by atoms with E-state index in [1.165, 1.54) is 7.11 Å². The van der Waals surface area contributed by atoms with Crippen LogP contribution in [0.25, 0.3) is 0 Å². The van der Waals surface area contributed by atoms with E-state index < -0.39 is 0 Å². The van der Waals surface area contributed by atoms with E-state index in [1.54, 1.807) is 0 Å². The molecule has 0 amide bonds. The number of carbonyl (C=O) groups is 1. The molecule has 1 aliphatic rings. The first-order valence-corrected chi connectivity index (χ1v) is 5.12. The molecule has 15 heavy (non-hydrogen) atoms. The van der Waals surface area contributed by atoms with E-state index in [-0.39, 0.29) is 12.0 Å². The van der Waals surface area contributed by atoms with Crippen LogP contribution in [-0.4, -0.2) is 25.7 Å². The number of hydrogen-bond acceptors (Lipinski definition) is 3. The molecule has 0 N–H and O–H groups in total. The Hall–Kier alpha value is -1.22. The molecule has 0 bridgehead atoms. The van der Waals surface area contributed by atoms with Crippen LogP contribution in [0, 0.1) is 6.92 Å². The van der Waals surface area contributed by atoms with Gasteiger partial charge in [0.2, 0.25) is 0 Å². The van der Waals surface area contributed by atoms with Gasteiger partial charge in [0.25, 0.3) is 0 Å². The van der Waals surface area contributed by atoms with E-state index in [0.717, 1.165) is 16.3 Å². The molecule has 0 aliphatic carbocycles. The van der Waals surface area contributed by atoms with Crippen molar-refractivity contribution < 1.29 is 9.53 Å². The van der Waals surface area contributed by atoms with Crippen molar-refractivity contribution in [2.24, 2.45) is 0 Å². The van der Waals surface area contributed by atoms with Crippen molar-refractivity contribution in [1.29, 1.82) is 0 Å². The highest BCUT2D eigenvalue weighted by Gasteiger charge is 2.41. The van der Waals surface area contributed by atoms with Gasteiger partial charge in [-0.3, -0.25) is 0 Å². The normalized spacial score (nSPS) is 18.9. The summed E-state index contributed by atoms with van der Waals surface area (Å²) in [5.41, 5.74) is 2.01. The first-order chi connectivity index (χ1) is 7.13. The number of rotatable bonds is 2. The van der Waals surface area contributed by atoms with Gasteiger partial charge in [-0.25, -0.2) is 4.79 Å². The largest absolute Gasteiger partial charge is 0.467 e. The predicted molar refractivity (Wildman–Crippen MR) is 59.3 cm³/mol. The molecule has 0 radical (unpaired) electrons. The van der Waals surface area contributed by atoms with Crippen molar-refractivity contribution in [2.45, 2.75) is 13.0 Å². The average molecular weight is 226 g/mol. The highest BCUT2D eigenvalue weighted by molar-refractivity contribution is 6.31. The second-order valence-electron chi connectivity index (χ2n) is 3.62. The highest BCUT2D eigenvalue weighted by Crippen LogP contribution is 2.31. The van der Waals surface area contributed by atoms with Crippen LogP contribution >= 0.6 is 11.6 Å². The molecule has 1 unspecified atom stereocenters. The molecule has 1 atom stereocenters. The SMILES string of the molecule is COC(=O)C1CN1c1ccc(C)c(Cl)c1. The topological polar surface area (TPSA) is 29.3 Å². The van der Waals surface area contributed by atoms with Crippen LogP contribution in [0.3, 0.4) is 0 Å². The number of esters is 1. The summed E-state index contributed by atoms with van der Waals surface area (Å²) in [5.74, 6) is -0.188. The minimum Gasteiger partial charge on any atom is -0.467 e. The van der Waals surface area contributed by atoms with Gasteiger partial charge in [0, 0.05) is 10.7 Å². The lowest BCUT2D eigenvalue weighted by atomic mass is 10.2. The van der Waals surface area contributed by atoms with E-state index in [9.17, 15) is 4.79 Å². The Morgan fingerprint density at radius 3 is 2.93 bits per heavy atom. The Kier molecular flexibility index (Phi) is 2.57. The quantitative estimate of drug-likeness (QED) is 0.570. The molecule has 0 saturated carbocycles. The first-order valence-electron chi connectivity index (χ1n) is 4.74. The second-order valence-corrected chi connectivity index (χ2v) is 4.03. The summed E-state index contributed by atoms with van der Waals surface area (Å²) >= 11 is 6.00. The molecule has 80 valence electrons. The van der Waals surface area contributed by atoms with E-state index in [4.69, 9.17) is 11.6 Å². The Bertz CT molecular complexity index is 406. The van der Waals surface area contributed by atoms with E-state index in [1.807, 2.05) is 30.0 Å². The molecule has 1 aromatic carbocycles. The zero-order chi connectivity index (χ0) is 11.0. The molecule has 1 fully saturated rings. The van der Waals surface area contributed by atoms with Crippen LogP contribution in [-0.2, 0) is 9.53 Å². The number of carbonyl (C=O) groups excluding carboxylic acids is 1. The van der Waals surface area contributed by atoms with Crippen molar-refractivity contribution in [1.82, 2.24) is 0 Å². The fourth-order valence-electron chi connectivity index (χ4n) is 1.52. The Balaban J connectivity index is 2.13. The van der Waals surface area contributed by atoms with Gasteiger partial charge in [-0.15, -0.1) is 0 Å². The van der Waals surface area contributed by atoms with Gasteiger partial charge in [0.1, 0.15) is 6.04 Å². The van der Waals surface area contributed by atoms with Gasteiger partial charge >= 0.3 is 5.97 Å². The predicted octanol–water partition coefficient (Wildman–Crippen LogP) is 2.01. The molecule has 0 aromatic heterocycles. The van der Waals surface area contributed by atoms with Crippen LogP contribution in [0.2, 0.25) is 5.02 Å². The summed E-state index contributed by atoms with van der Waals surface area (Å²) in [4.78, 5) is 13.2. The summed E-state index contributed by atoms with van der Waals surface area (Å²) in [6.45, 7) is 2.66. The summed E-state index contributed by atoms with van der Waals surface area (Å²) in [6.07, 6.45) is 0. The zero-order valence-corrected chi connectivity index (χ0v) is 9.41. The first kappa shape index (κ1) is 10.3. The number of halogens is 1. The fraction of sp³-hybridized carbons (Fsp3) is 0.364. The second kappa shape index (κ2) is 3.74. The third kappa shape index (κ3) is 1.92. The minimum absolute atomic E-state index is 0.131. The number of ether oxygens (including phenoxy) is 1. The third-order valence-corrected chi connectivity index (χ3v) is 2.98. The van der Waals surface area contributed by atoms with Gasteiger partial charge < -0.3 is 9.64 Å². The number of nitrogens with zero attached hydrogens (tertiary/aromatic N) is 1. The molecule has 1 aromatic rings. The standard InChI is InChI=1S/C11H12ClNO2/c1-7-3-4-8(5-9(7)12)13-6-10(13)11(14)15-2/h3-5,10H,6H2,1-2H3. The van der Waals surface area contributed by atoms with Crippen LogP contribution in [0.1, 0.15) is 5.56 Å². The molecule has 1 heterocycles. The van der Waals surface area contributed by atoms with Gasteiger partial charge in [-0.1, -0.05) is 17.7 Å². The van der Waals surface area contributed by atoms with Gasteiger partial charge in [0.05, 0.1) is 13.7 Å². The van der Waals surface area contributed by atoms with E-state index in [0.29, 0.717) is 6.54 Å². The number of aryl methyl sites for hydroxylation is 1. The summed E-state index contributed by atoms with van der Waals surface area (Å²) in [5, 5.41) is 0.725. The monoisotopic (exact) mass is 225 g/mol. The van der Waals surface area contributed by atoms with Crippen LogP contribution < -0.4 is 4.90 Å². The Labute approximate surface area is 93.6 Å². The molecule has 2 rings (SSSR count). The number of methoxy groups -OCH3 is 1. The molecule has 1 saturated heterocycles. The summed E-state index contributed by atoms with van der Waals surface area (Å²) in [7, 11) is 1.40. The molecule has 0 spiro atoms. The maximum atomic E-state index is 11.2. The summed E-state index contributed by atoms with van der Waals surface area (Å²) < 4.78 is 4.67. The Morgan fingerprint density at radius 1 is 1.60 bits per heavy atom. The third-order valence-electron chi connectivity index (χ3n) is 2.57. The number of anilines is 1. The molecule has 1 aliphatic heterocycles. The van der Waals surface area contributed by atoms with Crippen molar-refractivity contribution in [3.8, 4) is 0 Å². The van der Waals surface area contributed by atoms with E-state index >= 15 is 0 Å². The lowest BCUT2D eigenvalue weighted by Gasteiger charge is -2.06. The van der Waals surface area contributed by atoms with Crippen LogP contribution in [0.5, 0.6) is 0 Å². The number of hydrogen-bond donors (Lipinski definition) is 0. The van der Waals surface area contributed by atoms with Gasteiger partial charge in [0.15, 0.2) is 0 Å². The van der Waals surface area contributed by atoms with Crippen LogP contribution in [0.15, 0.2) is 18.2 Å². The van der Waals surface area contributed by atoms with Gasteiger partial charge in [-0.05, 0) is 24.6 Å². The summed E-state index contributed by atoms with van der Waals surface area (Å²) in [6, 6.07) is 5.66. The number of benzene rings is 1. The average Bonchev–Trinajstić information content (AvgIpc) is 3.01. The molecule has 3 nitrogen and oxygen atoms in total. The smallest absolute Gasteiger partial charge is 0.330 e. The zero-order valence-electron chi connectivity index (χ0n) is 8.66. The highest BCUT2D eigenvalue weighted by atomic mass is 35.5. The maximum absolute atomic E-state index is 11.2. The lowest BCUT2D eigenvalue weighted by Crippen LogP contribution is -2.13. The molecule has 4 heteroatoms.